The molecule has 2 heterocycles. The summed E-state index contributed by atoms with van der Waals surface area (Å²) in [5, 5.41) is 3.99. The Balaban J connectivity index is 1.74. The van der Waals surface area contributed by atoms with E-state index in [1.807, 2.05) is 26.0 Å². The molecule has 0 bridgehead atoms. The molecule has 0 spiro atoms. The quantitative estimate of drug-likeness (QED) is 0.798. The number of methoxy groups -OCH3 is 1. The number of hydrogen-bond donors (Lipinski definition) is 0. The lowest BCUT2D eigenvalue weighted by Gasteiger charge is -2.31. The Kier molecular flexibility index (Phi) is 5.96. The van der Waals surface area contributed by atoms with E-state index < -0.39 is 0 Å². The van der Waals surface area contributed by atoms with E-state index >= 15 is 0 Å². The van der Waals surface area contributed by atoms with Gasteiger partial charge in [-0.2, -0.15) is 0 Å². The molecule has 140 valence electrons. The predicted octanol–water partition coefficient (Wildman–Crippen LogP) is 4.38. The van der Waals surface area contributed by atoms with Gasteiger partial charge in [-0.3, -0.25) is 4.79 Å². The van der Waals surface area contributed by atoms with Crippen LogP contribution in [0.1, 0.15) is 60.7 Å². The number of hydrogen-bond acceptors (Lipinski definition) is 4. The number of ether oxygens (including phenoxy) is 1. The maximum absolute atomic E-state index is 13.0. The molecule has 1 saturated heterocycles. The van der Waals surface area contributed by atoms with Gasteiger partial charge in [0.05, 0.1) is 18.8 Å². The first-order valence-corrected chi connectivity index (χ1v) is 9.45. The molecule has 1 aliphatic rings. The van der Waals surface area contributed by atoms with Crippen LogP contribution < -0.4 is 4.74 Å². The Hall–Kier alpha value is -2.30. The minimum absolute atomic E-state index is 0.153. The Morgan fingerprint density at radius 1 is 1.23 bits per heavy atom. The van der Waals surface area contributed by atoms with Crippen molar-refractivity contribution in [3.8, 4) is 5.75 Å². The molecule has 1 aromatic heterocycles. The molecule has 1 aromatic carbocycles. The molecular weight excluding hydrogens is 328 g/mol. The zero-order chi connectivity index (χ0) is 18.5. The highest BCUT2D eigenvalue weighted by Crippen LogP contribution is 2.32. The first-order valence-electron chi connectivity index (χ1n) is 9.45. The van der Waals surface area contributed by atoms with Crippen LogP contribution in [0.15, 0.2) is 28.8 Å². The van der Waals surface area contributed by atoms with Gasteiger partial charge in [-0.1, -0.05) is 30.1 Å². The predicted molar refractivity (Wildman–Crippen MR) is 100 cm³/mol. The van der Waals surface area contributed by atoms with Crippen molar-refractivity contribution < 1.29 is 14.1 Å². The maximum atomic E-state index is 13.0. The normalized spacial score (nSPS) is 17.8. The van der Waals surface area contributed by atoms with Crippen molar-refractivity contribution in [3.63, 3.8) is 0 Å². The Bertz CT molecular complexity index is 717. The molecule has 1 fully saturated rings. The molecule has 1 unspecified atom stereocenters. The third kappa shape index (κ3) is 4.09. The van der Waals surface area contributed by atoms with Crippen LogP contribution in [0.5, 0.6) is 5.75 Å². The number of aryl methyl sites for hydroxylation is 2. The fourth-order valence-corrected chi connectivity index (χ4v) is 3.81. The monoisotopic (exact) mass is 356 g/mol. The van der Waals surface area contributed by atoms with Crippen molar-refractivity contribution in [3.05, 3.63) is 46.8 Å². The zero-order valence-corrected chi connectivity index (χ0v) is 16.0. The van der Waals surface area contributed by atoms with Crippen LogP contribution in [0.4, 0.5) is 0 Å². The van der Waals surface area contributed by atoms with Crippen LogP contribution in [0.2, 0.25) is 0 Å². The van der Waals surface area contributed by atoms with Gasteiger partial charge in [-0.15, -0.1) is 0 Å². The first-order chi connectivity index (χ1) is 12.6. The smallest absolute Gasteiger partial charge is 0.223 e. The number of benzene rings is 1. The van der Waals surface area contributed by atoms with Gasteiger partial charge in [-0.25, -0.2) is 0 Å². The summed E-state index contributed by atoms with van der Waals surface area (Å²) in [6.45, 7) is 4.67. The van der Waals surface area contributed by atoms with Crippen LogP contribution in [0.3, 0.4) is 0 Å². The van der Waals surface area contributed by atoms with Crippen molar-refractivity contribution in [2.75, 3.05) is 13.7 Å². The molecule has 0 saturated carbocycles. The fourth-order valence-electron chi connectivity index (χ4n) is 3.81. The van der Waals surface area contributed by atoms with Gasteiger partial charge in [-0.05, 0) is 50.8 Å². The van der Waals surface area contributed by atoms with Crippen molar-refractivity contribution in [1.29, 1.82) is 0 Å². The second-order valence-corrected chi connectivity index (χ2v) is 7.03. The number of amides is 1. The molecule has 1 amide bonds. The summed E-state index contributed by atoms with van der Waals surface area (Å²) in [4.78, 5) is 15.1. The van der Waals surface area contributed by atoms with Gasteiger partial charge in [0, 0.05) is 18.5 Å². The van der Waals surface area contributed by atoms with E-state index in [9.17, 15) is 4.79 Å². The molecule has 1 aliphatic heterocycles. The van der Waals surface area contributed by atoms with Gasteiger partial charge in [0.2, 0.25) is 5.91 Å². The highest BCUT2D eigenvalue weighted by Gasteiger charge is 2.27. The largest absolute Gasteiger partial charge is 0.497 e. The lowest BCUT2D eigenvalue weighted by molar-refractivity contribution is -0.133. The molecule has 3 rings (SSSR count). The van der Waals surface area contributed by atoms with Crippen LogP contribution in [0, 0.1) is 13.8 Å². The van der Waals surface area contributed by atoms with Gasteiger partial charge in [0.15, 0.2) is 0 Å². The standard InChI is InChI=1S/C21H28N2O3/c1-15-19(16(2)26-22-15)12-13-21(24)23-14-6-4-5-7-20(23)17-8-10-18(25-3)11-9-17/h8-11,20H,4-7,12-14H2,1-3H3. The van der Waals surface area contributed by atoms with Gasteiger partial charge in [0.1, 0.15) is 11.5 Å². The Labute approximate surface area is 155 Å². The van der Waals surface area contributed by atoms with E-state index in [4.69, 9.17) is 9.26 Å². The van der Waals surface area contributed by atoms with Crippen molar-refractivity contribution >= 4 is 5.91 Å². The molecular formula is C21H28N2O3. The van der Waals surface area contributed by atoms with Crippen LogP contribution in [-0.2, 0) is 11.2 Å². The lowest BCUT2D eigenvalue weighted by Crippen LogP contribution is -2.35. The number of carbonyl (C=O) groups excluding carboxylic acids is 1. The molecule has 0 radical (unpaired) electrons. The van der Waals surface area contributed by atoms with E-state index in [0.717, 1.165) is 48.6 Å². The highest BCUT2D eigenvalue weighted by atomic mass is 16.5. The summed E-state index contributed by atoms with van der Waals surface area (Å²) >= 11 is 0. The van der Waals surface area contributed by atoms with Crippen molar-refractivity contribution in [2.45, 2.75) is 58.4 Å². The molecule has 2 aromatic rings. The van der Waals surface area contributed by atoms with Crippen molar-refractivity contribution in [1.82, 2.24) is 10.1 Å². The fraction of sp³-hybridized carbons (Fsp3) is 0.524. The number of rotatable bonds is 5. The SMILES string of the molecule is COc1ccc(C2CCCCCN2C(=O)CCc2c(C)noc2C)cc1. The summed E-state index contributed by atoms with van der Waals surface area (Å²) in [5.74, 6) is 1.88. The molecule has 26 heavy (non-hydrogen) atoms. The minimum Gasteiger partial charge on any atom is -0.497 e. The molecule has 0 N–H and O–H groups in total. The van der Waals surface area contributed by atoms with E-state index in [1.165, 1.54) is 12.0 Å². The Morgan fingerprint density at radius 3 is 2.65 bits per heavy atom. The summed E-state index contributed by atoms with van der Waals surface area (Å²) < 4.78 is 10.5. The van der Waals surface area contributed by atoms with E-state index in [1.54, 1.807) is 7.11 Å². The van der Waals surface area contributed by atoms with Gasteiger partial charge < -0.3 is 14.2 Å². The van der Waals surface area contributed by atoms with Gasteiger partial charge in [0.25, 0.3) is 0 Å². The average Bonchev–Trinajstić information content (AvgIpc) is 2.86. The molecule has 5 nitrogen and oxygen atoms in total. The van der Waals surface area contributed by atoms with Crippen LogP contribution >= 0.6 is 0 Å². The summed E-state index contributed by atoms with van der Waals surface area (Å²) in [7, 11) is 1.67. The van der Waals surface area contributed by atoms with Gasteiger partial charge >= 0.3 is 0 Å². The Morgan fingerprint density at radius 2 is 2.00 bits per heavy atom. The second kappa shape index (κ2) is 8.39. The third-order valence-corrected chi connectivity index (χ3v) is 5.34. The highest BCUT2D eigenvalue weighted by molar-refractivity contribution is 5.77. The maximum Gasteiger partial charge on any atom is 0.223 e. The second-order valence-electron chi connectivity index (χ2n) is 7.03. The van der Waals surface area contributed by atoms with Crippen LogP contribution in [0.25, 0.3) is 0 Å². The van der Waals surface area contributed by atoms with Crippen molar-refractivity contribution in [2.24, 2.45) is 0 Å². The number of likely N-dealkylation sites (tertiary alicyclic amines) is 1. The summed E-state index contributed by atoms with van der Waals surface area (Å²) in [5.41, 5.74) is 3.14. The summed E-state index contributed by atoms with van der Waals surface area (Å²) in [6, 6.07) is 8.28. The zero-order valence-electron chi connectivity index (χ0n) is 16.0. The average molecular weight is 356 g/mol. The topological polar surface area (TPSA) is 55.6 Å². The van der Waals surface area contributed by atoms with E-state index in [0.29, 0.717) is 12.8 Å². The van der Waals surface area contributed by atoms with E-state index in [2.05, 4.69) is 22.2 Å². The molecule has 5 heteroatoms. The third-order valence-electron chi connectivity index (χ3n) is 5.34. The van der Waals surface area contributed by atoms with Crippen LogP contribution in [-0.4, -0.2) is 29.6 Å². The first kappa shape index (κ1) is 18.5. The summed E-state index contributed by atoms with van der Waals surface area (Å²) in [6.07, 6.45) is 5.61. The number of carbonyl (C=O) groups is 1. The number of aromatic nitrogens is 1. The molecule has 1 atom stereocenters. The minimum atomic E-state index is 0.153. The number of nitrogens with zero attached hydrogens (tertiary/aromatic N) is 2. The molecule has 0 aliphatic carbocycles. The van der Waals surface area contributed by atoms with E-state index in [-0.39, 0.29) is 11.9 Å². The lowest BCUT2D eigenvalue weighted by atomic mass is 9.99.